The third-order valence-electron chi connectivity index (χ3n) is 2.55. The summed E-state index contributed by atoms with van der Waals surface area (Å²) in [6, 6.07) is 8.30. The number of carbonyl (C=O) groups is 1. The molecule has 1 aromatic rings. The highest BCUT2D eigenvalue weighted by molar-refractivity contribution is 5.77. The SMILES string of the molecule is C1=Nc2ccccc2CC1.CCC(=O)CC. The molecule has 0 spiro atoms. The van der Waals surface area contributed by atoms with Gasteiger partial charge in [0, 0.05) is 19.1 Å². The van der Waals surface area contributed by atoms with E-state index >= 15 is 0 Å². The van der Waals surface area contributed by atoms with Crippen LogP contribution in [-0.4, -0.2) is 12.0 Å². The Labute approximate surface area is 97.4 Å². The summed E-state index contributed by atoms with van der Waals surface area (Å²) in [6.07, 6.45) is 5.62. The van der Waals surface area contributed by atoms with Crippen LogP contribution in [0.5, 0.6) is 0 Å². The summed E-state index contributed by atoms with van der Waals surface area (Å²) < 4.78 is 0. The zero-order valence-electron chi connectivity index (χ0n) is 10.1. The first kappa shape index (κ1) is 12.6. The first-order chi connectivity index (χ1) is 7.77. The van der Waals surface area contributed by atoms with Gasteiger partial charge in [0.1, 0.15) is 5.78 Å². The number of ketones is 1. The maximum Gasteiger partial charge on any atom is 0.132 e. The van der Waals surface area contributed by atoms with Crippen LogP contribution in [0.4, 0.5) is 5.69 Å². The summed E-state index contributed by atoms with van der Waals surface area (Å²) in [6.45, 7) is 3.76. The lowest BCUT2D eigenvalue weighted by Gasteiger charge is -2.07. The zero-order chi connectivity index (χ0) is 11.8. The highest BCUT2D eigenvalue weighted by atomic mass is 16.1. The molecule has 1 aliphatic heterocycles. The number of aliphatic imine (C=N–C) groups is 1. The van der Waals surface area contributed by atoms with Crippen molar-refractivity contribution >= 4 is 17.7 Å². The second-order valence-electron chi connectivity index (χ2n) is 3.72. The minimum atomic E-state index is 0.343. The predicted octanol–water partition coefficient (Wildman–Crippen LogP) is 3.71. The Balaban J connectivity index is 0.000000187. The summed E-state index contributed by atoms with van der Waals surface area (Å²) in [5.74, 6) is 0.343. The molecule has 0 aromatic heterocycles. The molecule has 1 aromatic carbocycles. The van der Waals surface area contributed by atoms with E-state index in [4.69, 9.17) is 0 Å². The number of Topliss-reactive ketones (excluding diaryl/α,β-unsaturated/α-hetero) is 1. The van der Waals surface area contributed by atoms with Gasteiger partial charge < -0.3 is 0 Å². The lowest BCUT2D eigenvalue weighted by Crippen LogP contribution is -1.91. The maximum atomic E-state index is 10.2. The van der Waals surface area contributed by atoms with E-state index < -0.39 is 0 Å². The van der Waals surface area contributed by atoms with E-state index in [2.05, 4.69) is 23.2 Å². The maximum absolute atomic E-state index is 10.2. The molecule has 0 fully saturated rings. The second kappa shape index (κ2) is 6.94. The van der Waals surface area contributed by atoms with Gasteiger partial charge in [-0.15, -0.1) is 0 Å². The molecule has 86 valence electrons. The monoisotopic (exact) mass is 217 g/mol. The molecule has 0 unspecified atom stereocenters. The van der Waals surface area contributed by atoms with Gasteiger partial charge >= 0.3 is 0 Å². The van der Waals surface area contributed by atoms with Crippen LogP contribution >= 0.6 is 0 Å². The molecule has 2 nitrogen and oxygen atoms in total. The molecule has 0 atom stereocenters. The van der Waals surface area contributed by atoms with Crippen molar-refractivity contribution in [1.82, 2.24) is 0 Å². The van der Waals surface area contributed by atoms with Crippen LogP contribution in [0.1, 0.15) is 38.7 Å². The van der Waals surface area contributed by atoms with Crippen molar-refractivity contribution in [3.8, 4) is 0 Å². The van der Waals surface area contributed by atoms with Crippen molar-refractivity contribution in [2.24, 2.45) is 4.99 Å². The number of carbonyl (C=O) groups excluding carboxylic acids is 1. The Morgan fingerprint density at radius 1 is 1.25 bits per heavy atom. The van der Waals surface area contributed by atoms with Crippen molar-refractivity contribution in [1.29, 1.82) is 0 Å². The summed E-state index contributed by atoms with van der Waals surface area (Å²) >= 11 is 0. The standard InChI is InChI=1S/C9H9N.C5H10O/c1-2-6-9-8(4-1)5-3-7-10-9;1-3-5(6)4-2/h1-2,4,6-7H,3,5H2;3-4H2,1-2H3. The van der Waals surface area contributed by atoms with Crippen molar-refractivity contribution < 1.29 is 4.79 Å². The minimum Gasteiger partial charge on any atom is -0.300 e. The van der Waals surface area contributed by atoms with E-state index in [1.807, 2.05) is 26.1 Å². The van der Waals surface area contributed by atoms with Gasteiger partial charge in [0.15, 0.2) is 0 Å². The zero-order valence-corrected chi connectivity index (χ0v) is 10.1. The van der Waals surface area contributed by atoms with E-state index in [1.165, 1.54) is 5.56 Å². The number of rotatable bonds is 2. The second-order valence-corrected chi connectivity index (χ2v) is 3.72. The normalized spacial score (nSPS) is 12.4. The molecule has 16 heavy (non-hydrogen) atoms. The van der Waals surface area contributed by atoms with Gasteiger partial charge in [-0.2, -0.15) is 0 Å². The van der Waals surface area contributed by atoms with Gasteiger partial charge in [-0.1, -0.05) is 32.0 Å². The van der Waals surface area contributed by atoms with Crippen LogP contribution in [0.25, 0.3) is 0 Å². The predicted molar refractivity (Wildman–Crippen MR) is 68.5 cm³/mol. The van der Waals surface area contributed by atoms with Crippen molar-refractivity contribution in [3.63, 3.8) is 0 Å². The molecule has 2 rings (SSSR count). The molecule has 2 heteroatoms. The molecule has 1 aliphatic rings. The Morgan fingerprint density at radius 2 is 1.94 bits per heavy atom. The van der Waals surface area contributed by atoms with Crippen LogP contribution in [0.2, 0.25) is 0 Å². The Hall–Kier alpha value is -1.44. The first-order valence-electron chi connectivity index (χ1n) is 5.90. The van der Waals surface area contributed by atoms with E-state index in [0.29, 0.717) is 18.6 Å². The van der Waals surface area contributed by atoms with E-state index in [9.17, 15) is 4.79 Å². The summed E-state index contributed by atoms with van der Waals surface area (Å²) in [5, 5.41) is 0. The molecule has 0 radical (unpaired) electrons. The smallest absolute Gasteiger partial charge is 0.132 e. The molecular formula is C14H19NO. The van der Waals surface area contributed by atoms with Crippen molar-refractivity contribution in [2.75, 3.05) is 0 Å². The number of nitrogens with zero attached hydrogens (tertiary/aromatic N) is 1. The molecule has 0 amide bonds. The third-order valence-corrected chi connectivity index (χ3v) is 2.55. The van der Waals surface area contributed by atoms with Gasteiger partial charge in [-0.25, -0.2) is 0 Å². The Bertz CT molecular complexity index is 363. The molecule has 0 aliphatic carbocycles. The molecule has 0 saturated carbocycles. The van der Waals surface area contributed by atoms with E-state index in [0.717, 1.165) is 18.5 Å². The van der Waals surface area contributed by atoms with Crippen molar-refractivity contribution in [3.05, 3.63) is 29.8 Å². The number of hydrogen-bond acceptors (Lipinski definition) is 2. The molecule has 0 N–H and O–H groups in total. The highest BCUT2D eigenvalue weighted by Gasteiger charge is 2.01. The minimum absolute atomic E-state index is 0.343. The van der Waals surface area contributed by atoms with E-state index in [1.54, 1.807) is 0 Å². The van der Waals surface area contributed by atoms with Crippen LogP contribution in [0.3, 0.4) is 0 Å². The number of hydrogen-bond donors (Lipinski definition) is 0. The molecular weight excluding hydrogens is 198 g/mol. The third kappa shape index (κ3) is 3.97. The first-order valence-corrected chi connectivity index (χ1v) is 5.90. The lowest BCUT2D eigenvalue weighted by atomic mass is 10.1. The fraction of sp³-hybridized carbons (Fsp3) is 0.429. The molecule has 1 heterocycles. The average molecular weight is 217 g/mol. The molecule has 0 bridgehead atoms. The number of aryl methyl sites for hydroxylation is 1. The fourth-order valence-corrected chi connectivity index (χ4v) is 1.48. The quantitative estimate of drug-likeness (QED) is 0.742. The average Bonchev–Trinajstić information content (AvgIpc) is 2.38. The Kier molecular flexibility index (Phi) is 5.48. The van der Waals surface area contributed by atoms with Gasteiger partial charge in [-0.05, 0) is 24.5 Å². The van der Waals surface area contributed by atoms with Crippen LogP contribution in [-0.2, 0) is 11.2 Å². The topological polar surface area (TPSA) is 29.4 Å². The summed E-state index contributed by atoms with van der Waals surface area (Å²) in [4.78, 5) is 14.4. The van der Waals surface area contributed by atoms with Crippen LogP contribution in [0, 0.1) is 0 Å². The number of fused-ring (bicyclic) bond motifs is 1. The number of benzene rings is 1. The summed E-state index contributed by atoms with van der Waals surface area (Å²) in [5.41, 5.74) is 2.53. The number of para-hydroxylation sites is 1. The van der Waals surface area contributed by atoms with Gasteiger partial charge in [0.05, 0.1) is 5.69 Å². The highest BCUT2D eigenvalue weighted by Crippen LogP contribution is 2.22. The fourth-order valence-electron chi connectivity index (χ4n) is 1.48. The van der Waals surface area contributed by atoms with E-state index in [-0.39, 0.29) is 0 Å². The Morgan fingerprint density at radius 3 is 2.50 bits per heavy atom. The largest absolute Gasteiger partial charge is 0.300 e. The van der Waals surface area contributed by atoms with Crippen LogP contribution in [0.15, 0.2) is 29.3 Å². The summed E-state index contributed by atoms with van der Waals surface area (Å²) in [7, 11) is 0. The lowest BCUT2D eigenvalue weighted by molar-refractivity contribution is -0.118. The van der Waals surface area contributed by atoms with Gasteiger partial charge in [0.2, 0.25) is 0 Å². The van der Waals surface area contributed by atoms with Crippen molar-refractivity contribution in [2.45, 2.75) is 39.5 Å². The van der Waals surface area contributed by atoms with Crippen LogP contribution < -0.4 is 0 Å². The molecule has 0 saturated heterocycles. The van der Waals surface area contributed by atoms with Gasteiger partial charge in [-0.3, -0.25) is 9.79 Å². The van der Waals surface area contributed by atoms with Gasteiger partial charge in [0.25, 0.3) is 0 Å².